The van der Waals surface area contributed by atoms with E-state index in [9.17, 15) is 13.2 Å². The molecule has 0 saturated carbocycles. The van der Waals surface area contributed by atoms with Gasteiger partial charge in [-0.15, -0.1) is 0 Å². The van der Waals surface area contributed by atoms with Gasteiger partial charge in [0.2, 0.25) is 0 Å². The zero-order valence-corrected chi connectivity index (χ0v) is 11.8. The van der Waals surface area contributed by atoms with Crippen LogP contribution in [-0.2, 0) is 9.47 Å². The van der Waals surface area contributed by atoms with E-state index < -0.39 is 12.1 Å². The third-order valence-corrected chi connectivity index (χ3v) is 3.15. The van der Waals surface area contributed by atoms with Gasteiger partial charge in [-0.05, 0) is 24.8 Å². The number of allylic oxidation sites excluding steroid dienone is 3. The summed E-state index contributed by atoms with van der Waals surface area (Å²) in [6.07, 6.45) is 2.00. The Kier molecular flexibility index (Phi) is 5.49. The average Bonchev–Trinajstić information content (AvgIpc) is 2.44. The van der Waals surface area contributed by atoms with Crippen LogP contribution >= 0.6 is 0 Å². The van der Waals surface area contributed by atoms with Crippen LogP contribution in [0.25, 0.3) is 0 Å². The lowest BCUT2D eigenvalue weighted by Crippen LogP contribution is -2.30. The van der Waals surface area contributed by atoms with Crippen LogP contribution in [0.1, 0.15) is 6.42 Å². The fourth-order valence-corrected chi connectivity index (χ4v) is 2.12. The van der Waals surface area contributed by atoms with Crippen molar-refractivity contribution < 1.29 is 22.6 Å². The highest BCUT2D eigenvalue weighted by Crippen LogP contribution is 2.34. The van der Waals surface area contributed by atoms with E-state index in [1.54, 1.807) is 23.3 Å². The average molecular weight is 302 g/mol. The number of nitrogens with zero attached hydrogens (tertiary/aromatic N) is 1. The lowest BCUT2D eigenvalue weighted by atomic mass is 9.96. The van der Waals surface area contributed by atoms with E-state index in [4.69, 9.17) is 9.47 Å². The van der Waals surface area contributed by atoms with Gasteiger partial charge >= 0.3 is 6.18 Å². The van der Waals surface area contributed by atoms with Gasteiger partial charge in [-0.1, -0.05) is 11.5 Å². The van der Waals surface area contributed by atoms with Crippen molar-refractivity contribution in [1.82, 2.24) is 10.2 Å². The van der Waals surface area contributed by atoms with Gasteiger partial charge in [-0.25, -0.2) is 0 Å². The molecule has 1 aliphatic heterocycles. The highest BCUT2D eigenvalue weighted by molar-refractivity contribution is 6.21. The number of alkyl halides is 3. The van der Waals surface area contributed by atoms with Crippen LogP contribution in [0.15, 0.2) is 35.6 Å². The van der Waals surface area contributed by atoms with Gasteiger partial charge in [0.05, 0.1) is 19.3 Å². The van der Waals surface area contributed by atoms with Crippen LogP contribution in [0.2, 0.25) is 0 Å². The fraction of sp³-hybridized carbons (Fsp3) is 0.538. The lowest BCUT2D eigenvalue weighted by Gasteiger charge is -2.28. The summed E-state index contributed by atoms with van der Waals surface area (Å²) in [6.45, 7) is 1.27. The van der Waals surface area contributed by atoms with Crippen molar-refractivity contribution >= 4 is 7.85 Å². The highest BCUT2D eigenvalue weighted by atomic mass is 19.4. The summed E-state index contributed by atoms with van der Waals surface area (Å²) in [6, 6.07) is 0. The monoisotopic (exact) mass is 302 g/mol. The molecule has 8 heteroatoms. The second-order valence-corrected chi connectivity index (χ2v) is 5.04. The first-order chi connectivity index (χ1) is 9.97. The molecule has 0 radical (unpaired) electrons. The Morgan fingerprint density at radius 3 is 2.81 bits per heavy atom. The minimum atomic E-state index is -4.22. The van der Waals surface area contributed by atoms with Crippen LogP contribution in [-0.4, -0.2) is 45.7 Å². The molecule has 2 rings (SSSR count). The predicted molar refractivity (Wildman–Crippen MR) is 74.6 cm³/mol. The normalized spacial score (nSPS) is 27.8. The van der Waals surface area contributed by atoms with Gasteiger partial charge in [0.1, 0.15) is 21.3 Å². The first-order valence-electron chi connectivity index (χ1n) is 6.72. The smallest absolute Gasteiger partial charge is 0.363 e. The molecule has 21 heavy (non-hydrogen) atoms. The number of hydrogen-bond acceptors (Lipinski definition) is 4. The minimum absolute atomic E-state index is 0.0188. The summed E-state index contributed by atoms with van der Waals surface area (Å²) in [5.41, 5.74) is 1.40. The first kappa shape index (κ1) is 16.1. The molecule has 116 valence electrons. The molecule has 1 N–H and O–H groups in total. The summed E-state index contributed by atoms with van der Waals surface area (Å²) in [7, 11) is 1.86. The number of ether oxygens (including phenoxy) is 2. The van der Waals surface area contributed by atoms with E-state index >= 15 is 0 Å². The fourth-order valence-electron chi connectivity index (χ4n) is 2.12. The van der Waals surface area contributed by atoms with E-state index in [-0.39, 0.29) is 19.9 Å². The molecule has 2 aliphatic rings. The Hall–Kier alpha value is -1.25. The molecule has 1 aliphatic carbocycles. The van der Waals surface area contributed by atoms with Gasteiger partial charge in [-0.2, -0.15) is 13.2 Å². The molecule has 1 heterocycles. The van der Waals surface area contributed by atoms with Crippen molar-refractivity contribution in [3.05, 3.63) is 35.6 Å². The third kappa shape index (κ3) is 4.91. The molecular weight excluding hydrogens is 284 g/mol. The Morgan fingerprint density at radius 1 is 1.29 bits per heavy atom. The van der Waals surface area contributed by atoms with Crippen LogP contribution in [0.3, 0.4) is 0 Å². The SMILES string of the molecule is B/C1=C/N(C2=CC(C(F)(F)F)CC=C2)COCNCOC1. The molecule has 0 amide bonds. The minimum Gasteiger partial charge on any atom is -0.363 e. The molecule has 1 atom stereocenters. The van der Waals surface area contributed by atoms with E-state index in [1.807, 2.05) is 7.85 Å². The second kappa shape index (κ2) is 7.15. The van der Waals surface area contributed by atoms with Crippen LogP contribution in [0.4, 0.5) is 13.2 Å². The van der Waals surface area contributed by atoms with E-state index in [2.05, 4.69) is 5.32 Å². The molecule has 0 fully saturated rings. The zero-order valence-electron chi connectivity index (χ0n) is 11.8. The topological polar surface area (TPSA) is 33.7 Å². The number of halogens is 3. The predicted octanol–water partition coefficient (Wildman–Crippen LogP) is 1.29. The molecule has 1 unspecified atom stereocenters. The molecule has 0 saturated heterocycles. The van der Waals surface area contributed by atoms with Gasteiger partial charge in [0, 0.05) is 5.70 Å². The van der Waals surface area contributed by atoms with E-state index in [0.717, 1.165) is 5.47 Å². The Balaban J connectivity index is 2.17. The van der Waals surface area contributed by atoms with Crippen LogP contribution < -0.4 is 5.32 Å². The standard InChI is InChI=1S/C13H18BF3N2O2/c14-11-5-19(9-21-8-18-7-20-6-11)12-3-1-2-10(4-12)13(15,16)17/h1,3-5,10,18H,2,6-9,14H2/b11-5+. The van der Waals surface area contributed by atoms with Gasteiger partial charge < -0.3 is 14.4 Å². The highest BCUT2D eigenvalue weighted by Gasteiger charge is 2.38. The molecule has 4 nitrogen and oxygen atoms in total. The van der Waals surface area contributed by atoms with Crippen LogP contribution in [0.5, 0.6) is 0 Å². The maximum atomic E-state index is 12.8. The molecule has 0 spiro atoms. The molecule has 0 aromatic heterocycles. The lowest BCUT2D eigenvalue weighted by molar-refractivity contribution is -0.160. The Labute approximate surface area is 122 Å². The Bertz CT molecular complexity index is 449. The molecule has 0 aromatic rings. The van der Waals surface area contributed by atoms with Crippen molar-refractivity contribution in [2.24, 2.45) is 5.92 Å². The number of nitrogens with one attached hydrogen (secondary N) is 1. The summed E-state index contributed by atoms with van der Waals surface area (Å²) in [5, 5.41) is 2.92. The Morgan fingerprint density at radius 2 is 2.05 bits per heavy atom. The van der Waals surface area contributed by atoms with Crippen molar-refractivity contribution in [2.45, 2.75) is 12.6 Å². The van der Waals surface area contributed by atoms with Gasteiger partial charge in [0.25, 0.3) is 0 Å². The first-order valence-corrected chi connectivity index (χ1v) is 6.72. The quantitative estimate of drug-likeness (QED) is 0.740. The number of rotatable bonds is 1. The summed E-state index contributed by atoms with van der Waals surface area (Å²) < 4.78 is 49.3. The summed E-state index contributed by atoms with van der Waals surface area (Å²) in [5.74, 6) is -1.45. The summed E-state index contributed by atoms with van der Waals surface area (Å²) >= 11 is 0. The third-order valence-electron chi connectivity index (χ3n) is 3.15. The maximum Gasteiger partial charge on any atom is 0.395 e. The zero-order chi connectivity index (χ0) is 15.3. The van der Waals surface area contributed by atoms with Crippen molar-refractivity contribution in [2.75, 3.05) is 26.8 Å². The maximum absolute atomic E-state index is 12.8. The summed E-state index contributed by atoms with van der Waals surface area (Å²) in [4.78, 5) is 1.67. The van der Waals surface area contributed by atoms with E-state index in [0.29, 0.717) is 19.0 Å². The largest absolute Gasteiger partial charge is 0.395 e. The van der Waals surface area contributed by atoms with Crippen molar-refractivity contribution in [3.63, 3.8) is 0 Å². The molecular formula is C13H18BF3N2O2. The van der Waals surface area contributed by atoms with Crippen LogP contribution in [0, 0.1) is 5.92 Å². The second-order valence-electron chi connectivity index (χ2n) is 5.04. The number of hydrogen-bond donors (Lipinski definition) is 1. The molecule has 0 aromatic carbocycles. The van der Waals surface area contributed by atoms with Crippen molar-refractivity contribution in [3.8, 4) is 0 Å². The van der Waals surface area contributed by atoms with Crippen molar-refractivity contribution in [1.29, 1.82) is 0 Å². The van der Waals surface area contributed by atoms with Gasteiger partial charge in [-0.3, -0.25) is 5.32 Å². The van der Waals surface area contributed by atoms with E-state index in [1.165, 1.54) is 6.08 Å². The molecule has 0 bridgehead atoms. The van der Waals surface area contributed by atoms with Gasteiger partial charge in [0.15, 0.2) is 0 Å².